The number of nitrogens with zero attached hydrogens (tertiary/aromatic N) is 6. The Kier molecular flexibility index (Phi) is 15.0. The molecule has 16 heteroatoms. The van der Waals surface area contributed by atoms with E-state index in [1.807, 2.05) is 42.3 Å². The van der Waals surface area contributed by atoms with E-state index in [0.717, 1.165) is 23.1 Å². The predicted molar refractivity (Wildman–Crippen MR) is 238 cm³/mol. The minimum absolute atomic E-state index is 0.0594. The molecule has 5 aromatic rings. The summed E-state index contributed by atoms with van der Waals surface area (Å²) in [6.45, 7) is 9.83. The molecular formula is C47H55FN8O7. The first kappa shape index (κ1) is 46.0. The van der Waals surface area contributed by atoms with Crippen molar-refractivity contribution in [3.63, 3.8) is 0 Å². The van der Waals surface area contributed by atoms with Gasteiger partial charge in [-0.3, -0.25) is 29.4 Å². The molecule has 0 radical (unpaired) electrons. The maximum atomic E-state index is 15.0. The molecule has 2 N–H and O–H groups in total. The number of nitrogens with one attached hydrogen (secondary N) is 2. The summed E-state index contributed by atoms with van der Waals surface area (Å²) in [5, 5.41) is 10.6. The van der Waals surface area contributed by atoms with E-state index in [1.54, 1.807) is 74.1 Å². The highest BCUT2D eigenvalue weighted by molar-refractivity contribution is 6.01. The maximum Gasteiger partial charge on any atom is 0.412 e. The van der Waals surface area contributed by atoms with Crippen LogP contribution in [0.15, 0.2) is 83.8 Å². The van der Waals surface area contributed by atoms with Crippen molar-refractivity contribution < 1.29 is 33.0 Å². The third-order valence-electron chi connectivity index (χ3n) is 10.7. The third-order valence-corrected chi connectivity index (χ3v) is 10.7. The number of piperazine rings is 1. The number of benzene rings is 3. The van der Waals surface area contributed by atoms with Gasteiger partial charge in [-0.15, -0.1) is 0 Å². The number of pyridine rings is 1. The van der Waals surface area contributed by atoms with Crippen LogP contribution in [-0.2, 0) is 27.1 Å². The minimum atomic E-state index is -0.745. The van der Waals surface area contributed by atoms with Gasteiger partial charge >= 0.3 is 6.09 Å². The maximum absolute atomic E-state index is 15.0. The second kappa shape index (κ2) is 20.6. The van der Waals surface area contributed by atoms with Crippen LogP contribution in [0.2, 0.25) is 0 Å². The number of likely N-dealkylation sites (N-methyl/N-ethyl adjacent to an activating group) is 2. The number of hydrogen-bond acceptors (Lipinski definition) is 10. The molecule has 6 rings (SSSR count). The second-order valence-electron chi connectivity index (χ2n) is 16.6. The van der Waals surface area contributed by atoms with Crippen LogP contribution in [0, 0.1) is 5.82 Å². The van der Waals surface area contributed by atoms with Crippen LogP contribution in [0.4, 0.5) is 14.9 Å². The number of amides is 4. The summed E-state index contributed by atoms with van der Waals surface area (Å²) >= 11 is 0. The Hall–Kier alpha value is -6.52. The Morgan fingerprint density at radius 1 is 0.857 bits per heavy atom. The molecule has 0 unspecified atom stereocenters. The van der Waals surface area contributed by atoms with Crippen LogP contribution in [0.3, 0.4) is 0 Å². The summed E-state index contributed by atoms with van der Waals surface area (Å²) in [7, 11) is 3.44. The third kappa shape index (κ3) is 12.1. The van der Waals surface area contributed by atoms with Gasteiger partial charge in [0, 0.05) is 69.9 Å². The van der Waals surface area contributed by atoms with Crippen molar-refractivity contribution in [2.24, 2.45) is 0 Å². The van der Waals surface area contributed by atoms with Gasteiger partial charge in [0.05, 0.1) is 42.1 Å². The molecule has 15 nitrogen and oxygen atoms in total. The molecule has 1 fully saturated rings. The molecule has 0 spiro atoms. The zero-order valence-electron chi connectivity index (χ0n) is 36.7. The van der Waals surface area contributed by atoms with Crippen LogP contribution in [0.25, 0.3) is 21.9 Å². The van der Waals surface area contributed by atoms with Crippen LogP contribution in [0.5, 0.6) is 0 Å². The number of aromatic nitrogens is 3. The van der Waals surface area contributed by atoms with E-state index in [1.165, 1.54) is 17.0 Å². The molecule has 2 aromatic heterocycles. The lowest BCUT2D eigenvalue weighted by molar-refractivity contribution is -0.133. The molecule has 0 atom stereocenters. The average Bonchev–Trinajstić information content (AvgIpc) is 3.26. The molecule has 0 bridgehead atoms. The SMILES string of the molecule is CCc1cccc(-c2cnc(C(=O)N(C)CCOCCN(C)CC(=O)N3CCN(C(=O)c4cc(Cc5n[nH]c(=O)c6ccccc56)ccc4F)CC3)c(NC(=O)OC(C)(C)C)c2)c1. The molecule has 1 saturated heterocycles. The highest BCUT2D eigenvalue weighted by Gasteiger charge is 2.28. The smallest absolute Gasteiger partial charge is 0.412 e. The molecule has 1 aliphatic rings. The number of H-pyrrole nitrogens is 1. The zero-order chi connectivity index (χ0) is 45.3. The van der Waals surface area contributed by atoms with Gasteiger partial charge in [0.1, 0.15) is 11.4 Å². The lowest BCUT2D eigenvalue weighted by Gasteiger charge is -2.35. The molecular weight excluding hydrogens is 808 g/mol. The summed E-state index contributed by atoms with van der Waals surface area (Å²) in [6, 6.07) is 21.2. The van der Waals surface area contributed by atoms with E-state index in [2.05, 4.69) is 27.4 Å². The van der Waals surface area contributed by atoms with E-state index >= 15 is 4.39 Å². The monoisotopic (exact) mass is 862 g/mol. The van der Waals surface area contributed by atoms with Crippen molar-refractivity contribution in [1.29, 1.82) is 0 Å². The minimum Gasteiger partial charge on any atom is -0.444 e. The topological polar surface area (TPSA) is 170 Å². The quantitative estimate of drug-likeness (QED) is 0.126. The number of hydrogen-bond donors (Lipinski definition) is 2. The Bertz CT molecular complexity index is 2510. The Labute approximate surface area is 366 Å². The fraction of sp³-hybridized carbons (Fsp3) is 0.383. The van der Waals surface area contributed by atoms with E-state index in [9.17, 15) is 24.0 Å². The van der Waals surface area contributed by atoms with Crippen molar-refractivity contribution in [2.75, 3.05) is 78.4 Å². The number of anilines is 1. The molecule has 4 amide bonds. The molecule has 1 aliphatic heterocycles. The lowest BCUT2D eigenvalue weighted by atomic mass is 10.0. The summed E-state index contributed by atoms with van der Waals surface area (Å²) in [5.74, 6) is -1.60. The summed E-state index contributed by atoms with van der Waals surface area (Å²) in [6.07, 6.45) is 2.05. The number of ether oxygens (including phenoxy) is 2. The Balaban J connectivity index is 0.947. The number of aromatic amines is 1. The van der Waals surface area contributed by atoms with Crippen LogP contribution in [0.1, 0.15) is 65.4 Å². The summed E-state index contributed by atoms with van der Waals surface area (Å²) < 4.78 is 26.3. The molecule has 63 heavy (non-hydrogen) atoms. The van der Waals surface area contributed by atoms with Crippen LogP contribution >= 0.6 is 0 Å². The van der Waals surface area contributed by atoms with Gasteiger partial charge in [-0.25, -0.2) is 19.3 Å². The second-order valence-corrected chi connectivity index (χ2v) is 16.6. The predicted octanol–water partition coefficient (Wildman–Crippen LogP) is 5.63. The van der Waals surface area contributed by atoms with E-state index in [0.29, 0.717) is 48.3 Å². The number of halogens is 1. The number of carbonyl (C=O) groups is 4. The molecule has 0 saturated carbocycles. The van der Waals surface area contributed by atoms with Crippen molar-refractivity contribution in [3.05, 3.63) is 123 Å². The molecule has 3 aromatic carbocycles. The summed E-state index contributed by atoms with van der Waals surface area (Å²) in [5.41, 5.74) is 3.25. The lowest BCUT2D eigenvalue weighted by Crippen LogP contribution is -2.52. The Morgan fingerprint density at radius 3 is 2.30 bits per heavy atom. The van der Waals surface area contributed by atoms with Gasteiger partial charge in [0.25, 0.3) is 17.4 Å². The van der Waals surface area contributed by atoms with E-state index in [-0.39, 0.29) is 67.6 Å². The fourth-order valence-electron chi connectivity index (χ4n) is 7.16. The van der Waals surface area contributed by atoms with Gasteiger partial charge in [-0.1, -0.05) is 55.5 Å². The normalized spacial score (nSPS) is 13.0. The van der Waals surface area contributed by atoms with Crippen molar-refractivity contribution in [2.45, 2.75) is 46.1 Å². The van der Waals surface area contributed by atoms with E-state index < -0.39 is 29.3 Å². The van der Waals surface area contributed by atoms with Gasteiger partial charge in [-0.05, 0) is 75.2 Å². The molecule has 332 valence electrons. The van der Waals surface area contributed by atoms with E-state index in [4.69, 9.17) is 9.47 Å². The first-order valence-electron chi connectivity index (χ1n) is 21.0. The van der Waals surface area contributed by atoms with Crippen LogP contribution in [-0.4, -0.2) is 137 Å². The van der Waals surface area contributed by atoms with Crippen molar-refractivity contribution in [3.8, 4) is 11.1 Å². The summed E-state index contributed by atoms with van der Waals surface area (Å²) in [4.78, 5) is 76.3. The van der Waals surface area contributed by atoms with Gasteiger partial charge in [0.2, 0.25) is 5.91 Å². The number of fused-ring (bicyclic) bond motifs is 1. The standard InChI is InChI=1S/C47H55FN8O7/c1-7-31-11-10-12-33(25-31)34-28-40(50-46(61)63-47(2,3)4)42(49-29-34)45(60)54(6)22-24-62-23-21-53(5)30-41(57)55-17-19-56(20-18-55)44(59)37-26-32(15-16-38(37)48)27-39-35-13-8-9-14-36(35)43(58)52-51-39/h8-16,25-26,28-29H,7,17-24,27,30H2,1-6H3,(H,50,61)(H,52,58). The highest BCUT2D eigenvalue weighted by atomic mass is 19.1. The van der Waals surface area contributed by atoms with Gasteiger partial charge < -0.3 is 24.2 Å². The van der Waals surface area contributed by atoms with Crippen molar-refractivity contribution in [1.82, 2.24) is 34.8 Å². The number of carbonyl (C=O) groups excluding carboxylic acids is 4. The first-order chi connectivity index (χ1) is 30.1. The van der Waals surface area contributed by atoms with Gasteiger partial charge in [-0.2, -0.15) is 5.10 Å². The molecule has 3 heterocycles. The Morgan fingerprint density at radius 2 is 1.57 bits per heavy atom. The largest absolute Gasteiger partial charge is 0.444 e. The number of rotatable bonds is 15. The molecule has 0 aliphatic carbocycles. The van der Waals surface area contributed by atoms with Gasteiger partial charge in [0.15, 0.2) is 5.69 Å². The average molecular weight is 863 g/mol. The van der Waals surface area contributed by atoms with Crippen molar-refractivity contribution >= 4 is 40.3 Å². The zero-order valence-corrected chi connectivity index (χ0v) is 36.7. The van der Waals surface area contributed by atoms with Crippen LogP contribution < -0.4 is 10.9 Å². The highest BCUT2D eigenvalue weighted by Crippen LogP contribution is 2.27. The first-order valence-corrected chi connectivity index (χ1v) is 21.0. The number of aryl methyl sites for hydroxylation is 1. The fourth-order valence-corrected chi connectivity index (χ4v) is 7.16.